The van der Waals surface area contributed by atoms with E-state index in [0.29, 0.717) is 6.04 Å². The molecule has 1 fully saturated rings. The summed E-state index contributed by atoms with van der Waals surface area (Å²) in [5.74, 6) is 0. The molecule has 4 nitrogen and oxygen atoms in total. The molecule has 1 aromatic rings. The second-order valence-electron chi connectivity index (χ2n) is 4.08. The minimum atomic E-state index is 0.690. The van der Waals surface area contributed by atoms with Crippen LogP contribution in [0, 0.1) is 0 Å². The highest BCUT2D eigenvalue weighted by molar-refractivity contribution is 5.03. The third-order valence-electron chi connectivity index (χ3n) is 2.85. The first kappa shape index (κ1) is 9.68. The fraction of sp³-hybridized carbons (Fsp3) is 0.700. The predicted molar refractivity (Wildman–Crippen MR) is 55.9 cm³/mol. The van der Waals surface area contributed by atoms with Crippen LogP contribution in [0.25, 0.3) is 0 Å². The van der Waals surface area contributed by atoms with Gasteiger partial charge in [0.2, 0.25) is 0 Å². The van der Waals surface area contributed by atoms with Crippen molar-refractivity contribution in [2.45, 2.75) is 19.0 Å². The summed E-state index contributed by atoms with van der Waals surface area (Å²) in [5.41, 5.74) is 1.29. The van der Waals surface area contributed by atoms with Crippen molar-refractivity contribution < 1.29 is 0 Å². The number of hydrogen-bond acceptors (Lipinski definition) is 3. The van der Waals surface area contributed by atoms with Crippen molar-refractivity contribution in [1.29, 1.82) is 0 Å². The van der Waals surface area contributed by atoms with E-state index in [9.17, 15) is 0 Å². The standard InChI is InChI=1S/C10H18N4/c1-13(10-3-4-11-6-10)7-9-5-12-14(2)8-9/h5,8,10-11H,3-4,6-7H2,1-2H3. The molecule has 2 heterocycles. The van der Waals surface area contributed by atoms with Crippen LogP contribution in [0.1, 0.15) is 12.0 Å². The molecule has 1 unspecified atom stereocenters. The van der Waals surface area contributed by atoms with Crippen molar-refractivity contribution in [3.63, 3.8) is 0 Å². The van der Waals surface area contributed by atoms with E-state index in [1.807, 2.05) is 17.9 Å². The number of rotatable bonds is 3. The van der Waals surface area contributed by atoms with E-state index in [-0.39, 0.29) is 0 Å². The van der Waals surface area contributed by atoms with Gasteiger partial charge < -0.3 is 5.32 Å². The van der Waals surface area contributed by atoms with Crippen molar-refractivity contribution in [1.82, 2.24) is 20.0 Å². The van der Waals surface area contributed by atoms with Gasteiger partial charge in [0, 0.05) is 37.9 Å². The summed E-state index contributed by atoms with van der Waals surface area (Å²) in [6.07, 6.45) is 5.29. The maximum absolute atomic E-state index is 4.17. The van der Waals surface area contributed by atoms with Crippen molar-refractivity contribution in [2.24, 2.45) is 7.05 Å². The van der Waals surface area contributed by atoms with Gasteiger partial charge in [0.05, 0.1) is 6.20 Å². The zero-order valence-corrected chi connectivity index (χ0v) is 8.90. The van der Waals surface area contributed by atoms with Crippen molar-refractivity contribution in [3.05, 3.63) is 18.0 Å². The first-order chi connectivity index (χ1) is 6.75. The lowest BCUT2D eigenvalue weighted by Gasteiger charge is -2.22. The average Bonchev–Trinajstić information content (AvgIpc) is 2.75. The lowest BCUT2D eigenvalue weighted by atomic mass is 10.2. The highest BCUT2D eigenvalue weighted by Gasteiger charge is 2.19. The van der Waals surface area contributed by atoms with E-state index in [1.165, 1.54) is 12.0 Å². The van der Waals surface area contributed by atoms with Gasteiger partial charge >= 0.3 is 0 Å². The Morgan fingerprint density at radius 1 is 1.71 bits per heavy atom. The number of nitrogens with one attached hydrogen (secondary N) is 1. The molecule has 1 aliphatic heterocycles. The van der Waals surface area contributed by atoms with Crippen LogP contribution in [-0.4, -0.2) is 40.9 Å². The van der Waals surface area contributed by atoms with E-state index in [4.69, 9.17) is 0 Å². The minimum absolute atomic E-state index is 0.690. The Morgan fingerprint density at radius 2 is 2.57 bits per heavy atom. The molecule has 14 heavy (non-hydrogen) atoms. The molecule has 0 aromatic carbocycles. The Kier molecular flexibility index (Phi) is 2.84. The molecule has 1 atom stereocenters. The molecule has 0 aliphatic carbocycles. The topological polar surface area (TPSA) is 33.1 Å². The third kappa shape index (κ3) is 2.13. The predicted octanol–water partition coefficient (Wildman–Crippen LogP) is 0.214. The molecule has 0 saturated carbocycles. The summed E-state index contributed by atoms with van der Waals surface area (Å²) >= 11 is 0. The van der Waals surface area contributed by atoms with Crippen LogP contribution in [0.5, 0.6) is 0 Å². The summed E-state index contributed by atoms with van der Waals surface area (Å²) in [4.78, 5) is 2.40. The molecular weight excluding hydrogens is 176 g/mol. The fourth-order valence-corrected chi connectivity index (χ4v) is 1.99. The van der Waals surface area contributed by atoms with Crippen LogP contribution in [0.15, 0.2) is 12.4 Å². The lowest BCUT2D eigenvalue weighted by molar-refractivity contribution is 0.249. The van der Waals surface area contributed by atoms with Gasteiger partial charge in [0.15, 0.2) is 0 Å². The molecule has 1 aliphatic rings. The molecule has 4 heteroatoms. The molecule has 1 N–H and O–H groups in total. The molecule has 0 amide bonds. The normalized spacial score (nSPS) is 22.1. The largest absolute Gasteiger partial charge is 0.315 e. The smallest absolute Gasteiger partial charge is 0.0534 e. The van der Waals surface area contributed by atoms with Gasteiger partial charge in [0.1, 0.15) is 0 Å². The van der Waals surface area contributed by atoms with Gasteiger partial charge in [-0.25, -0.2) is 0 Å². The lowest BCUT2D eigenvalue weighted by Crippen LogP contribution is -2.32. The van der Waals surface area contributed by atoms with Crippen LogP contribution >= 0.6 is 0 Å². The summed E-state index contributed by atoms with van der Waals surface area (Å²) in [5, 5.41) is 7.55. The maximum Gasteiger partial charge on any atom is 0.0534 e. The number of nitrogens with zero attached hydrogens (tertiary/aromatic N) is 3. The SMILES string of the molecule is CN(Cc1cnn(C)c1)C1CCNC1. The van der Waals surface area contributed by atoms with Crippen LogP contribution in [0.3, 0.4) is 0 Å². The number of aromatic nitrogens is 2. The Bertz CT molecular complexity index is 288. The van der Waals surface area contributed by atoms with Crippen molar-refractivity contribution >= 4 is 0 Å². The second kappa shape index (κ2) is 4.11. The molecular formula is C10H18N4. The molecule has 78 valence electrons. The van der Waals surface area contributed by atoms with Gasteiger partial charge in [-0.3, -0.25) is 9.58 Å². The molecule has 1 saturated heterocycles. The first-order valence-corrected chi connectivity index (χ1v) is 5.14. The monoisotopic (exact) mass is 194 g/mol. The number of likely N-dealkylation sites (N-methyl/N-ethyl adjacent to an activating group) is 1. The van der Waals surface area contributed by atoms with Gasteiger partial charge in [0.25, 0.3) is 0 Å². The molecule has 1 aromatic heterocycles. The second-order valence-corrected chi connectivity index (χ2v) is 4.08. The summed E-state index contributed by atoms with van der Waals surface area (Å²) in [6.45, 7) is 3.28. The van der Waals surface area contributed by atoms with Gasteiger partial charge in [-0.2, -0.15) is 5.10 Å². The Balaban J connectivity index is 1.90. The quantitative estimate of drug-likeness (QED) is 0.747. The van der Waals surface area contributed by atoms with E-state index in [2.05, 4.69) is 28.6 Å². The Labute approximate surface area is 84.9 Å². The fourth-order valence-electron chi connectivity index (χ4n) is 1.99. The first-order valence-electron chi connectivity index (χ1n) is 5.14. The van der Waals surface area contributed by atoms with E-state index in [0.717, 1.165) is 19.6 Å². The van der Waals surface area contributed by atoms with E-state index >= 15 is 0 Å². The highest BCUT2D eigenvalue weighted by atomic mass is 15.2. The van der Waals surface area contributed by atoms with Crippen LogP contribution in [-0.2, 0) is 13.6 Å². The third-order valence-corrected chi connectivity index (χ3v) is 2.85. The molecule has 0 bridgehead atoms. The van der Waals surface area contributed by atoms with Gasteiger partial charge in [-0.15, -0.1) is 0 Å². The van der Waals surface area contributed by atoms with Crippen LogP contribution < -0.4 is 5.32 Å². The summed E-state index contributed by atoms with van der Waals surface area (Å²) < 4.78 is 1.86. The van der Waals surface area contributed by atoms with Crippen molar-refractivity contribution in [2.75, 3.05) is 20.1 Å². The van der Waals surface area contributed by atoms with Crippen molar-refractivity contribution in [3.8, 4) is 0 Å². The molecule has 2 rings (SSSR count). The average molecular weight is 194 g/mol. The molecule has 0 radical (unpaired) electrons. The number of aryl methyl sites for hydroxylation is 1. The Hall–Kier alpha value is -0.870. The zero-order chi connectivity index (χ0) is 9.97. The summed E-state index contributed by atoms with van der Waals surface area (Å²) in [7, 11) is 4.14. The minimum Gasteiger partial charge on any atom is -0.315 e. The summed E-state index contributed by atoms with van der Waals surface area (Å²) in [6, 6.07) is 0.690. The van der Waals surface area contributed by atoms with E-state index < -0.39 is 0 Å². The zero-order valence-electron chi connectivity index (χ0n) is 8.90. The molecule has 0 spiro atoms. The van der Waals surface area contributed by atoms with Gasteiger partial charge in [-0.1, -0.05) is 0 Å². The van der Waals surface area contributed by atoms with Crippen LogP contribution in [0.2, 0.25) is 0 Å². The highest BCUT2D eigenvalue weighted by Crippen LogP contribution is 2.10. The van der Waals surface area contributed by atoms with Crippen LogP contribution in [0.4, 0.5) is 0 Å². The maximum atomic E-state index is 4.17. The Morgan fingerprint density at radius 3 is 3.14 bits per heavy atom. The van der Waals surface area contributed by atoms with E-state index in [1.54, 1.807) is 0 Å². The van der Waals surface area contributed by atoms with Gasteiger partial charge in [-0.05, 0) is 20.0 Å². The number of hydrogen-bond donors (Lipinski definition) is 1.